The second-order valence-electron chi connectivity index (χ2n) is 7.22. The van der Waals surface area contributed by atoms with Crippen LogP contribution in [-0.2, 0) is 7.05 Å². The summed E-state index contributed by atoms with van der Waals surface area (Å²) in [6, 6.07) is 14.9. The van der Waals surface area contributed by atoms with Crippen LogP contribution in [0.25, 0.3) is 10.9 Å². The fourth-order valence-corrected chi connectivity index (χ4v) is 3.91. The van der Waals surface area contributed by atoms with Crippen LogP contribution >= 0.6 is 0 Å². The van der Waals surface area contributed by atoms with Crippen molar-refractivity contribution in [2.45, 2.75) is 18.8 Å². The van der Waals surface area contributed by atoms with Gasteiger partial charge in [-0.15, -0.1) is 0 Å². The van der Waals surface area contributed by atoms with E-state index in [1.54, 1.807) is 12.1 Å². The Balaban J connectivity index is 1.53. The predicted molar refractivity (Wildman–Crippen MR) is 104 cm³/mol. The van der Waals surface area contributed by atoms with E-state index in [0.29, 0.717) is 17.7 Å². The first-order chi connectivity index (χ1) is 13.0. The Morgan fingerprint density at radius 2 is 1.78 bits per heavy atom. The van der Waals surface area contributed by atoms with Crippen molar-refractivity contribution in [3.8, 4) is 0 Å². The van der Waals surface area contributed by atoms with E-state index in [-0.39, 0.29) is 11.8 Å². The van der Waals surface area contributed by atoms with Gasteiger partial charge in [-0.2, -0.15) is 0 Å². The van der Waals surface area contributed by atoms with Crippen molar-refractivity contribution in [3.63, 3.8) is 0 Å². The van der Waals surface area contributed by atoms with Crippen LogP contribution in [0.4, 0.5) is 0 Å². The number of rotatable bonds is 3. The molecule has 0 radical (unpaired) electrons. The highest BCUT2D eigenvalue weighted by molar-refractivity contribution is 5.98. The van der Waals surface area contributed by atoms with Gasteiger partial charge in [0, 0.05) is 43.3 Å². The molecule has 1 aliphatic heterocycles. The average molecular weight is 362 g/mol. The second-order valence-corrected chi connectivity index (χ2v) is 7.22. The summed E-state index contributed by atoms with van der Waals surface area (Å²) in [6.45, 7) is 1.42. The third-order valence-corrected chi connectivity index (χ3v) is 5.47. The summed E-state index contributed by atoms with van der Waals surface area (Å²) in [5, 5.41) is 10.2. The number of amides is 1. The lowest BCUT2D eigenvalue weighted by Crippen LogP contribution is -2.39. The van der Waals surface area contributed by atoms with Crippen LogP contribution < -0.4 is 0 Å². The number of aromatic carboxylic acids is 1. The van der Waals surface area contributed by atoms with E-state index in [0.717, 1.165) is 35.9 Å². The number of hydrogen-bond acceptors (Lipinski definition) is 2. The van der Waals surface area contributed by atoms with Gasteiger partial charge in [0.15, 0.2) is 0 Å². The molecule has 0 aliphatic carbocycles. The maximum Gasteiger partial charge on any atom is 0.335 e. The first kappa shape index (κ1) is 17.3. The molecule has 5 heteroatoms. The molecule has 1 saturated heterocycles. The number of piperidine rings is 1. The van der Waals surface area contributed by atoms with Crippen molar-refractivity contribution >= 4 is 22.8 Å². The molecule has 1 N–H and O–H groups in total. The van der Waals surface area contributed by atoms with E-state index in [1.807, 2.05) is 59.1 Å². The van der Waals surface area contributed by atoms with Crippen molar-refractivity contribution in [3.05, 3.63) is 71.4 Å². The first-order valence-corrected chi connectivity index (χ1v) is 9.20. The Morgan fingerprint density at radius 3 is 2.52 bits per heavy atom. The highest BCUT2D eigenvalue weighted by atomic mass is 16.4. The monoisotopic (exact) mass is 362 g/mol. The van der Waals surface area contributed by atoms with Crippen molar-refractivity contribution in [1.82, 2.24) is 9.47 Å². The summed E-state index contributed by atoms with van der Waals surface area (Å²) in [4.78, 5) is 26.0. The van der Waals surface area contributed by atoms with Gasteiger partial charge in [0.05, 0.1) is 5.56 Å². The van der Waals surface area contributed by atoms with E-state index >= 15 is 0 Å². The molecular weight excluding hydrogens is 340 g/mol. The standard InChI is InChI=1S/C22H22N2O3/c1-23-12-10-16-6-9-18(13-20(16)23)21(25)24-11-2-3-19(14-24)15-4-7-17(8-5-15)22(26)27/h4-10,12-13,19H,2-3,11,14H2,1H3,(H,26,27)/t19-/m0/s1. The van der Waals surface area contributed by atoms with Crippen LogP contribution in [-0.4, -0.2) is 39.5 Å². The molecule has 4 rings (SSSR count). The molecule has 1 fully saturated rings. The molecule has 0 saturated carbocycles. The minimum absolute atomic E-state index is 0.0601. The number of likely N-dealkylation sites (tertiary alicyclic amines) is 1. The van der Waals surface area contributed by atoms with Gasteiger partial charge in [0.2, 0.25) is 0 Å². The summed E-state index contributed by atoms with van der Waals surface area (Å²) in [6.07, 6.45) is 3.95. The fraction of sp³-hybridized carbons (Fsp3) is 0.273. The molecule has 138 valence electrons. The molecule has 27 heavy (non-hydrogen) atoms. The Hall–Kier alpha value is -3.08. The first-order valence-electron chi connectivity index (χ1n) is 9.20. The number of aryl methyl sites for hydroxylation is 1. The summed E-state index contributed by atoms with van der Waals surface area (Å²) < 4.78 is 2.02. The predicted octanol–water partition coefficient (Wildman–Crippen LogP) is 3.90. The zero-order chi connectivity index (χ0) is 19.0. The smallest absolute Gasteiger partial charge is 0.335 e. The second kappa shape index (κ2) is 6.91. The van der Waals surface area contributed by atoms with Gasteiger partial charge >= 0.3 is 5.97 Å². The van der Waals surface area contributed by atoms with Gasteiger partial charge in [-0.1, -0.05) is 18.2 Å². The van der Waals surface area contributed by atoms with Crippen LogP contribution in [0.3, 0.4) is 0 Å². The molecule has 1 aliphatic rings. The Labute approximate surface area is 157 Å². The number of carboxylic acids is 1. The summed E-state index contributed by atoms with van der Waals surface area (Å²) in [7, 11) is 1.98. The van der Waals surface area contributed by atoms with E-state index in [1.165, 1.54) is 0 Å². The highest BCUT2D eigenvalue weighted by Crippen LogP contribution is 2.28. The molecule has 2 heterocycles. The molecule has 1 aromatic heterocycles. The number of benzene rings is 2. The number of fused-ring (bicyclic) bond motifs is 1. The summed E-state index contributed by atoms with van der Waals surface area (Å²) >= 11 is 0. The zero-order valence-electron chi connectivity index (χ0n) is 15.3. The maximum atomic E-state index is 13.0. The van der Waals surface area contributed by atoms with Gasteiger partial charge in [-0.3, -0.25) is 4.79 Å². The van der Waals surface area contributed by atoms with Crippen molar-refractivity contribution in [2.24, 2.45) is 7.05 Å². The molecule has 0 unspecified atom stereocenters. The zero-order valence-corrected chi connectivity index (χ0v) is 15.3. The number of hydrogen-bond donors (Lipinski definition) is 1. The molecule has 5 nitrogen and oxygen atoms in total. The van der Waals surface area contributed by atoms with Gasteiger partial charge in [-0.05, 0) is 54.1 Å². The Morgan fingerprint density at radius 1 is 1.04 bits per heavy atom. The van der Waals surface area contributed by atoms with Crippen molar-refractivity contribution < 1.29 is 14.7 Å². The summed E-state index contributed by atoms with van der Waals surface area (Å²) in [5.74, 6) is -0.618. The fourth-order valence-electron chi connectivity index (χ4n) is 3.91. The van der Waals surface area contributed by atoms with E-state index < -0.39 is 5.97 Å². The lowest BCUT2D eigenvalue weighted by molar-refractivity contribution is 0.0693. The molecule has 1 atom stereocenters. The van der Waals surface area contributed by atoms with Crippen LogP contribution in [0.1, 0.15) is 45.0 Å². The molecule has 0 spiro atoms. The average Bonchev–Trinajstić information content (AvgIpc) is 3.08. The lowest BCUT2D eigenvalue weighted by atomic mass is 9.90. The number of aromatic nitrogens is 1. The molecule has 1 amide bonds. The largest absolute Gasteiger partial charge is 0.478 e. The number of nitrogens with zero attached hydrogens (tertiary/aromatic N) is 2. The maximum absolute atomic E-state index is 13.0. The number of carboxylic acid groups (broad SMARTS) is 1. The van der Waals surface area contributed by atoms with Crippen LogP contribution in [0.2, 0.25) is 0 Å². The molecular formula is C22H22N2O3. The third kappa shape index (κ3) is 3.33. The molecule has 0 bridgehead atoms. The lowest BCUT2D eigenvalue weighted by Gasteiger charge is -2.33. The van der Waals surface area contributed by atoms with E-state index in [4.69, 9.17) is 5.11 Å². The van der Waals surface area contributed by atoms with Crippen LogP contribution in [0.15, 0.2) is 54.7 Å². The highest BCUT2D eigenvalue weighted by Gasteiger charge is 2.26. The Bertz CT molecular complexity index is 1000. The van der Waals surface area contributed by atoms with Gasteiger partial charge in [0.1, 0.15) is 0 Å². The number of carbonyl (C=O) groups is 2. The molecule has 2 aromatic carbocycles. The quantitative estimate of drug-likeness (QED) is 0.769. The van der Waals surface area contributed by atoms with Gasteiger partial charge in [0.25, 0.3) is 5.91 Å². The number of carbonyl (C=O) groups excluding carboxylic acids is 1. The van der Waals surface area contributed by atoms with E-state index in [2.05, 4.69) is 0 Å². The van der Waals surface area contributed by atoms with Gasteiger partial charge in [-0.25, -0.2) is 4.79 Å². The van der Waals surface area contributed by atoms with Crippen LogP contribution in [0.5, 0.6) is 0 Å². The summed E-state index contributed by atoms with van der Waals surface area (Å²) in [5.41, 5.74) is 3.15. The van der Waals surface area contributed by atoms with Crippen molar-refractivity contribution in [1.29, 1.82) is 0 Å². The van der Waals surface area contributed by atoms with E-state index in [9.17, 15) is 9.59 Å². The minimum Gasteiger partial charge on any atom is -0.478 e. The minimum atomic E-state index is -0.918. The topological polar surface area (TPSA) is 62.5 Å². The Kier molecular flexibility index (Phi) is 4.44. The SMILES string of the molecule is Cn1ccc2ccc(C(=O)N3CCC[C@H](c4ccc(C(=O)O)cc4)C3)cc21. The molecule has 3 aromatic rings. The van der Waals surface area contributed by atoms with Crippen LogP contribution in [0, 0.1) is 0 Å². The third-order valence-electron chi connectivity index (χ3n) is 5.47. The van der Waals surface area contributed by atoms with Crippen molar-refractivity contribution in [2.75, 3.05) is 13.1 Å². The van der Waals surface area contributed by atoms with Gasteiger partial charge < -0.3 is 14.6 Å². The normalized spacial score (nSPS) is 17.2.